The van der Waals surface area contributed by atoms with E-state index < -0.39 is 24.0 Å². The summed E-state index contributed by atoms with van der Waals surface area (Å²) in [6, 6.07) is 7.07. The third-order valence-electron chi connectivity index (χ3n) is 3.80. The van der Waals surface area contributed by atoms with Crippen molar-refractivity contribution in [3.05, 3.63) is 33.8 Å². The number of ether oxygens (including phenoxy) is 1. The van der Waals surface area contributed by atoms with E-state index in [0.29, 0.717) is 28.5 Å². The summed E-state index contributed by atoms with van der Waals surface area (Å²) in [5, 5.41) is 12.6. The van der Waals surface area contributed by atoms with Gasteiger partial charge in [0.05, 0.1) is 12.5 Å². The number of carbonyl (C=O) groups is 2. The van der Waals surface area contributed by atoms with Gasteiger partial charge in [0.1, 0.15) is 5.54 Å². The molecule has 1 aliphatic carbocycles. The lowest BCUT2D eigenvalue weighted by Crippen LogP contribution is -2.46. The molecule has 0 unspecified atom stereocenters. The minimum absolute atomic E-state index is 0.116. The number of amides is 1. The van der Waals surface area contributed by atoms with Gasteiger partial charge in [0, 0.05) is 15.6 Å². The number of benzene rings is 1. The molecule has 7 heteroatoms. The monoisotopic (exact) mass is 354 g/mol. The minimum atomic E-state index is -0.824. The van der Waals surface area contributed by atoms with E-state index in [4.69, 9.17) is 27.9 Å². The predicted molar refractivity (Wildman–Crippen MR) is 86.1 cm³/mol. The number of nitrogens with one attached hydrogen (secondary N) is 1. The Morgan fingerprint density at radius 1 is 1.26 bits per heavy atom. The fourth-order valence-electron chi connectivity index (χ4n) is 2.59. The summed E-state index contributed by atoms with van der Waals surface area (Å²) in [5.41, 5.74) is -0.360. The first kappa shape index (κ1) is 17.6. The first-order valence-corrected chi connectivity index (χ1v) is 8.02. The number of carbonyl (C=O) groups excluding carboxylic acids is 2. The van der Waals surface area contributed by atoms with Crippen molar-refractivity contribution in [1.82, 2.24) is 5.32 Å². The van der Waals surface area contributed by atoms with Gasteiger partial charge in [-0.2, -0.15) is 5.26 Å². The highest BCUT2D eigenvalue weighted by molar-refractivity contribution is 6.36. The van der Waals surface area contributed by atoms with Crippen LogP contribution in [0.1, 0.15) is 31.2 Å². The SMILES string of the molecule is N#CC1(NC(=O)COC(=O)Cc2c(Cl)cccc2Cl)CCCC1. The molecule has 1 aromatic carbocycles. The molecule has 1 aromatic rings. The van der Waals surface area contributed by atoms with Crippen molar-refractivity contribution < 1.29 is 14.3 Å². The molecular weight excluding hydrogens is 339 g/mol. The number of esters is 1. The molecule has 0 saturated heterocycles. The number of nitriles is 1. The topological polar surface area (TPSA) is 79.2 Å². The van der Waals surface area contributed by atoms with Crippen molar-refractivity contribution in [1.29, 1.82) is 5.26 Å². The van der Waals surface area contributed by atoms with Crippen molar-refractivity contribution in [2.45, 2.75) is 37.6 Å². The van der Waals surface area contributed by atoms with Gasteiger partial charge in [-0.3, -0.25) is 9.59 Å². The maximum Gasteiger partial charge on any atom is 0.310 e. The maximum absolute atomic E-state index is 11.9. The highest BCUT2D eigenvalue weighted by Gasteiger charge is 2.35. The quantitative estimate of drug-likeness (QED) is 0.824. The second-order valence-corrected chi connectivity index (χ2v) is 6.30. The number of rotatable bonds is 5. The molecule has 23 heavy (non-hydrogen) atoms. The maximum atomic E-state index is 11.9. The molecule has 122 valence electrons. The van der Waals surface area contributed by atoms with Crippen molar-refractivity contribution in [3.8, 4) is 6.07 Å². The van der Waals surface area contributed by atoms with Crippen LogP contribution in [0.25, 0.3) is 0 Å². The molecule has 1 amide bonds. The first-order chi connectivity index (χ1) is 11.0. The second kappa shape index (κ2) is 7.67. The molecule has 0 spiro atoms. The summed E-state index contributed by atoms with van der Waals surface area (Å²) in [6.45, 7) is -0.426. The highest BCUT2D eigenvalue weighted by Crippen LogP contribution is 2.28. The second-order valence-electron chi connectivity index (χ2n) is 5.49. The van der Waals surface area contributed by atoms with E-state index >= 15 is 0 Å². The molecule has 1 N–H and O–H groups in total. The lowest BCUT2D eigenvalue weighted by Gasteiger charge is -2.21. The van der Waals surface area contributed by atoms with Crippen molar-refractivity contribution in [2.75, 3.05) is 6.61 Å². The zero-order valence-electron chi connectivity index (χ0n) is 12.4. The number of halogens is 2. The Bertz CT molecular complexity index is 629. The molecule has 0 aliphatic heterocycles. The van der Waals surface area contributed by atoms with E-state index in [-0.39, 0.29) is 6.42 Å². The van der Waals surface area contributed by atoms with Crippen molar-refractivity contribution in [3.63, 3.8) is 0 Å². The van der Waals surface area contributed by atoms with E-state index in [0.717, 1.165) is 12.8 Å². The average molecular weight is 355 g/mol. The van der Waals surface area contributed by atoms with Gasteiger partial charge in [-0.05, 0) is 37.8 Å². The van der Waals surface area contributed by atoms with Gasteiger partial charge in [0.15, 0.2) is 6.61 Å². The van der Waals surface area contributed by atoms with Crippen LogP contribution in [0.15, 0.2) is 18.2 Å². The van der Waals surface area contributed by atoms with Crippen LogP contribution in [0.3, 0.4) is 0 Å². The minimum Gasteiger partial charge on any atom is -0.455 e. The zero-order valence-corrected chi connectivity index (χ0v) is 13.9. The molecule has 0 radical (unpaired) electrons. The molecule has 1 saturated carbocycles. The Morgan fingerprint density at radius 3 is 2.43 bits per heavy atom. The number of nitrogens with zero attached hydrogens (tertiary/aromatic N) is 1. The van der Waals surface area contributed by atoms with Crippen LogP contribution < -0.4 is 5.32 Å². The first-order valence-electron chi connectivity index (χ1n) is 7.26. The molecule has 5 nitrogen and oxygen atoms in total. The summed E-state index contributed by atoms with van der Waals surface area (Å²) in [5.74, 6) is -1.08. The summed E-state index contributed by atoms with van der Waals surface area (Å²) in [6.07, 6.45) is 2.93. The molecule has 0 aromatic heterocycles. The van der Waals surface area contributed by atoms with Gasteiger partial charge in [-0.15, -0.1) is 0 Å². The van der Waals surface area contributed by atoms with Crippen LogP contribution in [0.5, 0.6) is 0 Å². The molecule has 1 aliphatic rings. The lowest BCUT2D eigenvalue weighted by molar-refractivity contribution is -0.148. The average Bonchev–Trinajstić information content (AvgIpc) is 2.98. The van der Waals surface area contributed by atoms with E-state index in [1.54, 1.807) is 18.2 Å². The molecule has 1 fully saturated rings. The standard InChI is InChI=1S/C16H16Cl2N2O3/c17-12-4-3-5-13(18)11(12)8-15(22)23-9-14(21)20-16(10-19)6-1-2-7-16/h3-5H,1-2,6-9H2,(H,20,21). The Morgan fingerprint density at radius 2 is 1.87 bits per heavy atom. The van der Waals surface area contributed by atoms with Crippen molar-refractivity contribution >= 4 is 35.1 Å². The van der Waals surface area contributed by atoms with Crippen molar-refractivity contribution in [2.24, 2.45) is 0 Å². The molecule has 2 rings (SSSR count). The summed E-state index contributed by atoms with van der Waals surface area (Å²) in [7, 11) is 0. The number of hydrogen-bond donors (Lipinski definition) is 1. The molecule has 0 bridgehead atoms. The Hall–Kier alpha value is -1.77. The van der Waals surface area contributed by atoms with Gasteiger partial charge in [0.2, 0.25) is 0 Å². The summed E-state index contributed by atoms with van der Waals surface area (Å²) in [4.78, 5) is 23.7. The smallest absolute Gasteiger partial charge is 0.310 e. The fourth-order valence-corrected chi connectivity index (χ4v) is 3.12. The lowest BCUT2D eigenvalue weighted by atomic mass is 10.00. The molecule has 0 heterocycles. The largest absolute Gasteiger partial charge is 0.455 e. The van der Waals surface area contributed by atoms with Crippen LogP contribution in [0, 0.1) is 11.3 Å². The number of hydrogen-bond acceptors (Lipinski definition) is 4. The van der Waals surface area contributed by atoms with Crippen LogP contribution >= 0.6 is 23.2 Å². The third-order valence-corrected chi connectivity index (χ3v) is 4.51. The molecular formula is C16H16Cl2N2O3. The Balaban J connectivity index is 1.85. The normalized spacial score (nSPS) is 15.7. The van der Waals surface area contributed by atoms with E-state index in [1.165, 1.54) is 0 Å². The van der Waals surface area contributed by atoms with Gasteiger partial charge in [-0.25, -0.2) is 0 Å². The Kier molecular flexibility index (Phi) is 5.86. The van der Waals surface area contributed by atoms with Crippen LogP contribution in [0.4, 0.5) is 0 Å². The van der Waals surface area contributed by atoms with Crippen LogP contribution in [-0.4, -0.2) is 24.0 Å². The predicted octanol–water partition coefficient (Wildman–Crippen LogP) is 3.03. The Labute approximate surface area is 144 Å². The van der Waals surface area contributed by atoms with Gasteiger partial charge < -0.3 is 10.1 Å². The molecule has 0 atom stereocenters. The van der Waals surface area contributed by atoms with E-state index in [2.05, 4.69) is 11.4 Å². The van der Waals surface area contributed by atoms with E-state index in [9.17, 15) is 14.9 Å². The summed E-state index contributed by atoms with van der Waals surface area (Å²) >= 11 is 12.0. The van der Waals surface area contributed by atoms with Crippen LogP contribution in [0.2, 0.25) is 10.0 Å². The van der Waals surface area contributed by atoms with Crippen LogP contribution in [-0.2, 0) is 20.7 Å². The van der Waals surface area contributed by atoms with Gasteiger partial charge >= 0.3 is 5.97 Å². The fraction of sp³-hybridized carbons (Fsp3) is 0.438. The zero-order chi connectivity index (χ0) is 16.9. The third kappa shape index (κ3) is 4.60. The van der Waals surface area contributed by atoms with Gasteiger partial charge in [-0.1, -0.05) is 29.3 Å². The van der Waals surface area contributed by atoms with E-state index in [1.807, 2.05) is 0 Å². The van der Waals surface area contributed by atoms with Gasteiger partial charge in [0.25, 0.3) is 5.91 Å². The highest BCUT2D eigenvalue weighted by atomic mass is 35.5. The summed E-state index contributed by atoms with van der Waals surface area (Å²) < 4.78 is 4.94.